The van der Waals surface area contributed by atoms with Gasteiger partial charge in [-0.05, 0) is 39.2 Å². The molecule has 2 unspecified atom stereocenters. The Bertz CT molecular complexity index is 192. The first-order chi connectivity index (χ1) is 6.66. The molecule has 1 saturated heterocycles. The smallest absolute Gasteiger partial charge is 0.0702 e. The van der Waals surface area contributed by atoms with Gasteiger partial charge in [-0.2, -0.15) is 0 Å². The second kappa shape index (κ2) is 4.17. The van der Waals surface area contributed by atoms with Gasteiger partial charge in [0, 0.05) is 25.2 Å². The summed E-state index contributed by atoms with van der Waals surface area (Å²) in [6.45, 7) is 4.31. The number of rotatable bonds is 3. The average Bonchev–Trinajstić information content (AvgIpc) is 2.48. The van der Waals surface area contributed by atoms with Crippen molar-refractivity contribution in [3.8, 4) is 0 Å². The van der Waals surface area contributed by atoms with Gasteiger partial charge in [-0.15, -0.1) is 0 Å². The van der Waals surface area contributed by atoms with Crippen LogP contribution in [-0.4, -0.2) is 43.3 Å². The zero-order valence-corrected chi connectivity index (χ0v) is 9.28. The normalized spacial score (nSPS) is 42.9. The van der Waals surface area contributed by atoms with Crippen molar-refractivity contribution in [3.05, 3.63) is 0 Å². The van der Waals surface area contributed by atoms with Crippen molar-refractivity contribution in [3.63, 3.8) is 0 Å². The Morgan fingerprint density at radius 3 is 2.64 bits per heavy atom. The predicted octanol–water partition coefficient (Wildman–Crippen LogP) is 0.833. The van der Waals surface area contributed by atoms with Gasteiger partial charge < -0.3 is 15.4 Å². The van der Waals surface area contributed by atoms with E-state index in [4.69, 9.17) is 10.5 Å². The first-order valence-electron chi connectivity index (χ1n) is 5.74. The van der Waals surface area contributed by atoms with Crippen molar-refractivity contribution < 1.29 is 4.74 Å². The maximum absolute atomic E-state index is 5.78. The van der Waals surface area contributed by atoms with E-state index in [-0.39, 0.29) is 0 Å². The van der Waals surface area contributed by atoms with E-state index in [1.807, 2.05) is 0 Å². The number of ether oxygens (including phenoxy) is 1. The molecule has 0 aromatic heterocycles. The van der Waals surface area contributed by atoms with Crippen LogP contribution < -0.4 is 5.73 Å². The molecule has 1 aliphatic heterocycles. The van der Waals surface area contributed by atoms with Crippen LogP contribution in [0.15, 0.2) is 0 Å². The second-order valence-electron chi connectivity index (χ2n) is 4.97. The molecule has 2 fully saturated rings. The standard InChI is InChI=1S/C11H22N2O/c1-8-11(3-4-14-8)13(2)7-9-5-10(12)6-9/h8-11H,3-7,12H2,1-2H3. The van der Waals surface area contributed by atoms with E-state index in [2.05, 4.69) is 18.9 Å². The summed E-state index contributed by atoms with van der Waals surface area (Å²) in [6.07, 6.45) is 4.03. The zero-order chi connectivity index (χ0) is 10.1. The van der Waals surface area contributed by atoms with E-state index >= 15 is 0 Å². The molecule has 2 N–H and O–H groups in total. The van der Waals surface area contributed by atoms with Gasteiger partial charge in [0.2, 0.25) is 0 Å². The van der Waals surface area contributed by atoms with Gasteiger partial charge in [0.1, 0.15) is 0 Å². The summed E-state index contributed by atoms with van der Waals surface area (Å²) in [4.78, 5) is 2.47. The van der Waals surface area contributed by atoms with E-state index < -0.39 is 0 Å². The van der Waals surface area contributed by atoms with Crippen LogP contribution in [0.1, 0.15) is 26.2 Å². The number of nitrogens with zero attached hydrogens (tertiary/aromatic N) is 1. The van der Waals surface area contributed by atoms with Gasteiger partial charge >= 0.3 is 0 Å². The Morgan fingerprint density at radius 2 is 2.14 bits per heavy atom. The molecule has 0 amide bonds. The molecule has 3 heteroatoms. The fraction of sp³-hybridized carbons (Fsp3) is 1.00. The fourth-order valence-corrected chi connectivity index (χ4v) is 2.78. The molecular weight excluding hydrogens is 176 g/mol. The van der Waals surface area contributed by atoms with Crippen molar-refractivity contribution in [2.24, 2.45) is 11.7 Å². The second-order valence-corrected chi connectivity index (χ2v) is 4.97. The van der Waals surface area contributed by atoms with Crippen molar-refractivity contribution in [2.45, 2.75) is 44.4 Å². The highest BCUT2D eigenvalue weighted by molar-refractivity contribution is 4.87. The summed E-state index contributed by atoms with van der Waals surface area (Å²) < 4.78 is 5.57. The summed E-state index contributed by atoms with van der Waals surface area (Å²) in [5.74, 6) is 0.836. The first-order valence-corrected chi connectivity index (χ1v) is 5.74. The molecule has 0 aromatic rings. The van der Waals surface area contributed by atoms with Gasteiger partial charge in [-0.1, -0.05) is 0 Å². The molecule has 3 nitrogen and oxygen atoms in total. The lowest BCUT2D eigenvalue weighted by Gasteiger charge is -2.37. The van der Waals surface area contributed by atoms with E-state index in [1.54, 1.807) is 0 Å². The Morgan fingerprint density at radius 1 is 1.43 bits per heavy atom. The fourth-order valence-electron chi connectivity index (χ4n) is 2.78. The summed E-state index contributed by atoms with van der Waals surface area (Å²) in [6, 6.07) is 1.11. The summed E-state index contributed by atoms with van der Waals surface area (Å²) in [7, 11) is 2.22. The van der Waals surface area contributed by atoms with Crippen LogP contribution in [0.25, 0.3) is 0 Å². The minimum absolute atomic E-state index is 0.411. The maximum Gasteiger partial charge on any atom is 0.0702 e. The van der Waals surface area contributed by atoms with Crippen molar-refractivity contribution >= 4 is 0 Å². The summed E-state index contributed by atoms with van der Waals surface area (Å²) >= 11 is 0. The van der Waals surface area contributed by atoms with E-state index in [0.717, 1.165) is 12.5 Å². The molecule has 0 radical (unpaired) electrons. The molecule has 82 valence electrons. The van der Waals surface area contributed by atoms with E-state index in [9.17, 15) is 0 Å². The molecule has 0 aromatic carbocycles. The monoisotopic (exact) mass is 198 g/mol. The van der Waals surface area contributed by atoms with E-state index in [1.165, 1.54) is 25.8 Å². The molecule has 2 rings (SSSR count). The lowest BCUT2D eigenvalue weighted by Crippen LogP contribution is -2.46. The highest BCUT2D eigenvalue weighted by atomic mass is 16.5. The Kier molecular flexibility index (Phi) is 3.10. The number of nitrogens with two attached hydrogens (primary N) is 1. The Balaban J connectivity index is 1.74. The zero-order valence-electron chi connectivity index (χ0n) is 9.28. The van der Waals surface area contributed by atoms with Crippen molar-refractivity contribution in [2.75, 3.05) is 20.2 Å². The molecule has 2 atom stereocenters. The van der Waals surface area contributed by atoms with Crippen LogP contribution in [0.4, 0.5) is 0 Å². The first kappa shape index (κ1) is 10.4. The van der Waals surface area contributed by atoms with Crippen LogP contribution in [0, 0.1) is 5.92 Å². The van der Waals surface area contributed by atoms with Crippen LogP contribution in [0.2, 0.25) is 0 Å². The van der Waals surface area contributed by atoms with Crippen LogP contribution in [0.3, 0.4) is 0 Å². The highest BCUT2D eigenvalue weighted by Gasteiger charge is 2.32. The molecule has 0 bridgehead atoms. The quantitative estimate of drug-likeness (QED) is 0.730. The minimum atomic E-state index is 0.411. The molecule has 1 heterocycles. The average molecular weight is 198 g/mol. The topological polar surface area (TPSA) is 38.5 Å². The third kappa shape index (κ3) is 2.10. The SMILES string of the molecule is CC1OCCC1N(C)CC1CC(N)C1. The van der Waals surface area contributed by atoms with Crippen molar-refractivity contribution in [1.29, 1.82) is 0 Å². The molecule has 1 saturated carbocycles. The van der Waals surface area contributed by atoms with Gasteiger partial charge in [0.15, 0.2) is 0 Å². The number of likely N-dealkylation sites (N-methyl/N-ethyl adjacent to an activating group) is 1. The molecule has 1 aliphatic carbocycles. The molecular formula is C11H22N2O. The summed E-state index contributed by atoms with van der Waals surface area (Å²) in [5, 5.41) is 0. The maximum atomic E-state index is 5.78. The Labute approximate surface area is 86.6 Å². The largest absolute Gasteiger partial charge is 0.377 e. The molecule has 14 heavy (non-hydrogen) atoms. The molecule has 2 aliphatic rings. The third-order valence-electron chi connectivity index (χ3n) is 3.72. The van der Waals surface area contributed by atoms with Gasteiger partial charge in [-0.3, -0.25) is 0 Å². The summed E-state index contributed by atoms with van der Waals surface area (Å²) in [5.41, 5.74) is 5.78. The number of hydrogen-bond acceptors (Lipinski definition) is 3. The predicted molar refractivity (Wildman–Crippen MR) is 57.1 cm³/mol. The van der Waals surface area contributed by atoms with Crippen molar-refractivity contribution in [1.82, 2.24) is 4.90 Å². The Hall–Kier alpha value is -0.120. The number of hydrogen-bond donors (Lipinski definition) is 1. The lowest BCUT2D eigenvalue weighted by atomic mass is 9.80. The van der Waals surface area contributed by atoms with Crippen LogP contribution in [-0.2, 0) is 4.74 Å². The lowest BCUT2D eigenvalue weighted by molar-refractivity contribution is 0.0690. The third-order valence-corrected chi connectivity index (χ3v) is 3.72. The van der Waals surface area contributed by atoms with E-state index in [0.29, 0.717) is 18.2 Å². The minimum Gasteiger partial charge on any atom is -0.377 e. The highest BCUT2D eigenvalue weighted by Crippen LogP contribution is 2.28. The van der Waals surface area contributed by atoms with Gasteiger partial charge in [0.25, 0.3) is 0 Å². The van der Waals surface area contributed by atoms with Gasteiger partial charge in [0.05, 0.1) is 6.10 Å². The van der Waals surface area contributed by atoms with Crippen LogP contribution in [0.5, 0.6) is 0 Å². The molecule has 0 spiro atoms. The van der Waals surface area contributed by atoms with Crippen LogP contribution >= 0.6 is 0 Å². The van der Waals surface area contributed by atoms with Gasteiger partial charge in [-0.25, -0.2) is 0 Å².